The Morgan fingerprint density at radius 2 is 0.806 bits per heavy atom. The van der Waals surface area contributed by atoms with Crippen LogP contribution in [0.2, 0.25) is 0 Å². The molecule has 4 heteroatoms. The molecule has 4 rings (SSSR count). The average molecular weight is 621 g/mol. The van der Waals surface area contributed by atoms with Crippen molar-refractivity contribution >= 4 is 53.2 Å². The zero-order chi connectivity index (χ0) is 24.4. The summed E-state index contributed by atoms with van der Waals surface area (Å²) < 4.78 is 0. The predicted octanol–water partition coefficient (Wildman–Crippen LogP) is 10.3. The van der Waals surface area contributed by atoms with Crippen molar-refractivity contribution in [1.82, 2.24) is 0 Å². The van der Waals surface area contributed by atoms with Crippen LogP contribution < -0.4 is 0 Å². The fourth-order valence-corrected chi connectivity index (χ4v) is 4.05. The number of benzene rings is 2. The minimum absolute atomic E-state index is 0. The van der Waals surface area contributed by atoms with Crippen LogP contribution in [0.3, 0.4) is 0 Å². The van der Waals surface area contributed by atoms with Gasteiger partial charge >= 0.3 is 30.2 Å². The van der Waals surface area contributed by atoms with Crippen LogP contribution in [0.15, 0.2) is 48.5 Å². The van der Waals surface area contributed by atoms with Crippen molar-refractivity contribution in [2.45, 2.75) is 80.1 Å². The maximum atomic E-state index is 3.06. The Hall–Kier alpha value is -0.660. The second kappa shape index (κ2) is 15.7. The van der Waals surface area contributed by atoms with Gasteiger partial charge in [-0.2, -0.15) is 12.1 Å². The number of aryl methyl sites for hydroxylation is 4. The van der Waals surface area contributed by atoms with E-state index in [-0.39, 0.29) is 50.5 Å². The molecule has 0 fully saturated rings. The fourth-order valence-electron chi connectivity index (χ4n) is 4.05. The van der Waals surface area contributed by atoms with Gasteiger partial charge in [0.15, 0.2) is 0 Å². The summed E-state index contributed by atoms with van der Waals surface area (Å²) in [5.74, 6) is 0. The molecule has 0 atom stereocenters. The monoisotopic (exact) mass is 618 g/mol. The first-order valence-electron chi connectivity index (χ1n) is 11.4. The van der Waals surface area contributed by atoms with Crippen LogP contribution in [-0.2, 0) is 34.2 Å². The molecule has 0 saturated heterocycles. The molecule has 0 heterocycles. The Morgan fingerprint density at radius 3 is 1.03 bits per heavy atom. The number of hydrogen-bond donors (Lipinski definition) is 0. The molecule has 0 saturated carbocycles. The summed E-state index contributed by atoms with van der Waals surface area (Å²) in [6, 6.07) is 18.2. The topological polar surface area (TPSA) is 0 Å². The molecule has 4 aromatic carbocycles. The van der Waals surface area contributed by atoms with Gasteiger partial charge in [-0.05, 0) is 24.7 Å². The van der Waals surface area contributed by atoms with Crippen LogP contribution in [0.4, 0.5) is 0 Å². The summed E-state index contributed by atoms with van der Waals surface area (Å²) >= 11 is 1.36. The predicted molar refractivity (Wildman–Crippen MR) is 169 cm³/mol. The number of hydrogen-bond acceptors (Lipinski definition) is 0. The standard InChI is InChI=1S/2C15H19.2CH3.2ClH.Si.Zr/c2*1-10-6-7-11(2)14-9-12(8-13(10)14)15(3,4)5;;;;;;/h2*6-9H,1-5H3;2*1H3;2*1H;;/q4*-1;;;;. The van der Waals surface area contributed by atoms with E-state index in [0.29, 0.717) is 0 Å². The van der Waals surface area contributed by atoms with E-state index in [1.807, 2.05) is 0 Å². The first kappa shape index (κ1) is 39.8. The van der Waals surface area contributed by atoms with E-state index in [0.717, 1.165) is 0 Å². The van der Waals surface area contributed by atoms with Crippen molar-refractivity contribution in [3.8, 4) is 0 Å². The third-order valence-electron chi connectivity index (χ3n) is 6.38. The maximum absolute atomic E-state index is 3.06. The van der Waals surface area contributed by atoms with E-state index >= 15 is 0 Å². The fraction of sp³-hybridized carbons (Fsp3) is 0.375. The summed E-state index contributed by atoms with van der Waals surface area (Å²) in [6.07, 6.45) is 0. The second-order valence-corrected chi connectivity index (χ2v) is 11.0. The molecule has 200 valence electrons. The van der Waals surface area contributed by atoms with Crippen LogP contribution in [0.5, 0.6) is 0 Å². The van der Waals surface area contributed by atoms with Gasteiger partial charge in [0.05, 0.1) is 0 Å². The molecule has 0 N–H and O–H groups in total. The summed E-state index contributed by atoms with van der Waals surface area (Å²) in [6.45, 7) is 25.4. The molecule has 36 heavy (non-hydrogen) atoms. The molecular formula is C32H46Cl2SiZr-4. The SMILES string of the molecule is Cc1ccc(C)c2[cH-]c(C(C)(C)C)cc12.Cc1ccc(C)c2[cH-]c(C(C)(C)C)cc12.Cl.Cl.[CH3-].[CH3-].[Si]=[Zr]. The summed E-state index contributed by atoms with van der Waals surface area (Å²) in [4.78, 5) is 0. The number of halogens is 2. The molecule has 2 radical (unpaired) electrons. The van der Waals surface area contributed by atoms with Gasteiger partial charge in [-0.1, -0.05) is 78.6 Å². The van der Waals surface area contributed by atoms with E-state index in [2.05, 4.69) is 125 Å². The normalized spacial score (nSPS) is 10.4. The van der Waals surface area contributed by atoms with E-state index in [1.54, 1.807) is 0 Å². The zero-order valence-electron chi connectivity index (χ0n) is 24.4. The Bertz CT molecular complexity index is 1040. The summed E-state index contributed by atoms with van der Waals surface area (Å²) in [5, 5.41) is 5.67. The van der Waals surface area contributed by atoms with Crippen LogP contribution in [0.25, 0.3) is 21.5 Å². The Labute approximate surface area is 251 Å². The molecule has 0 nitrogen and oxygen atoms in total. The molecule has 0 bridgehead atoms. The molecular weight excluding hydrogens is 575 g/mol. The first-order chi connectivity index (χ1) is 14.8. The van der Waals surface area contributed by atoms with Crippen molar-refractivity contribution < 1.29 is 23.3 Å². The van der Waals surface area contributed by atoms with Crippen molar-refractivity contribution in [2.24, 2.45) is 0 Å². The van der Waals surface area contributed by atoms with Gasteiger partial charge < -0.3 is 14.9 Å². The van der Waals surface area contributed by atoms with E-state index < -0.39 is 0 Å². The van der Waals surface area contributed by atoms with E-state index in [4.69, 9.17) is 0 Å². The number of fused-ring (bicyclic) bond motifs is 2. The second-order valence-electron chi connectivity index (χ2n) is 11.0. The van der Waals surface area contributed by atoms with Crippen LogP contribution in [-0.4, -0.2) is 6.88 Å². The Morgan fingerprint density at radius 1 is 0.556 bits per heavy atom. The van der Waals surface area contributed by atoms with Crippen molar-refractivity contribution in [3.05, 3.63) is 96.8 Å². The van der Waals surface area contributed by atoms with Gasteiger partial charge in [-0.3, -0.25) is 0 Å². The number of rotatable bonds is 0. The molecule has 4 aromatic rings. The van der Waals surface area contributed by atoms with Gasteiger partial charge in [0.1, 0.15) is 0 Å². The van der Waals surface area contributed by atoms with Gasteiger partial charge in [0, 0.05) is 0 Å². The molecule has 0 aromatic heterocycles. The molecule has 0 aliphatic heterocycles. The summed E-state index contributed by atoms with van der Waals surface area (Å²) in [7, 11) is 0. The molecule has 0 unspecified atom stereocenters. The van der Waals surface area contributed by atoms with E-state index in [9.17, 15) is 0 Å². The third-order valence-corrected chi connectivity index (χ3v) is 6.38. The van der Waals surface area contributed by atoms with Gasteiger partial charge in [-0.25, -0.2) is 0 Å². The quantitative estimate of drug-likeness (QED) is 0.136. The van der Waals surface area contributed by atoms with Gasteiger partial charge in [0.2, 0.25) is 0 Å². The van der Waals surface area contributed by atoms with Gasteiger partial charge in [0.25, 0.3) is 0 Å². The molecule has 0 amide bonds. The molecule has 0 aliphatic carbocycles. The van der Waals surface area contributed by atoms with Gasteiger partial charge in [-0.15, -0.1) is 92.9 Å². The van der Waals surface area contributed by atoms with Crippen LogP contribution in [0.1, 0.15) is 74.9 Å². The Kier molecular flexibility index (Phi) is 17.4. The average Bonchev–Trinajstić information content (AvgIpc) is 3.36. The van der Waals surface area contributed by atoms with E-state index in [1.165, 1.54) is 78.3 Å². The van der Waals surface area contributed by atoms with Crippen LogP contribution in [0, 0.1) is 42.5 Å². The van der Waals surface area contributed by atoms with Crippen LogP contribution >= 0.6 is 24.8 Å². The minimum atomic E-state index is 0. The van der Waals surface area contributed by atoms with Crippen molar-refractivity contribution in [3.63, 3.8) is 0 Å². The Balaban J connectivity index is -0.000000513. The van der Waals surface area contributed by atoms with Crippen molar-refractivity contribution in [2.75, 3.05) is 0 Å². The third kappa shape index (κ3) is 9.27. The zero-order valence-corrected chi connectivity index (χ0v) is 29.5. The van der Waals surface area contributed by atoms with Crippen molar-refractivity contribution in [1.29, 1.82) is 0 Å². The molecule has 0 spiro atoms. The first-order valence-corrected chi connectivity index (χ1v) is 15.6. The summed E-state index contributed by atoms with van der Waals surface area (Å²) in [5.41, 5.74) is 8.90. The molecule has 0 aliphatic rings.